The molecule has 2 unspecified atom stereocenters. The van der Waals surface area contributed by atoms with Crippen LogP contribution in [0.2, 0.25) is 0 Å². The van der Waals surface area contributed by atoms with Crippen molar-refractivity contribution in [2.75, 3.05) is 14.1 Å². The molecule has 6 heteroatoms. The molecule has 2 atom stereocenters. The Hall–Kier alpha value is -1.14. The highest BCUT2D eigenvalue weighted by atomic mass is 16.4. The Morgan fingerprint density at radius 1 is 0.806 bits per heavy atom. The van der Waals surface area contributed by atoms with Crippen LogP contribution >= 0.6 is 0 Å². The molecule has 0 radical (unpaired) electrons. The van der Waals surface area contributed by atoms with Crippen molar-refractivity contribution in [3.8, 4) is 0 Å². The van der Waals surface area contributed by atoms with E-state index in [0.717, 1.165) is 25.7 Å². The normalized spacial score (nSPS) is 32.2. The largest absolute Gasteiger partial charge is 0.481 e. The third kappa shape index (κ3) is 4.15. The molecule has 2 aliphatic heterocycles. The van der Waals surface area contributed by atoms with Gasteiger partial charge >= 0.3 is 11.9 Å². The number of nitrogens with zero attached hydrogens (tertiary/aromatic N) is 2. The van der Waals surface area contributed by atoms with E-state index in [9.17, 15) is 19.8 Å². The Bertz CT molecular complexity index is 668. The number of rotatable bonds is 6. The van der Waals surface area contributed by atoms with Crippen molar-refractivity contribution in [3.63, 3.8) is 0 Å². The second-order valence-corrected chi connectivity index (χ2v) is 12.5. The summed E-state index contributed by atoms with van der Waals surface area (Å²) in [6, 6.07) is 0. The Labute approximate surface area is 189 Å². The SMILES string of the molecule is CN1C(C)(C)CCC(C(CCC(=O)O)(C(=O)O)C2CCC(C)(C)N(C)C2(C)C)C1(C)C. The molecule has 0 saturated carbocycles. The first-order valence-electron chi connectivity index (χ1n) is 11.8. The van der Waals surface area contributed by atoms with Crippen LogP contribution in [0.3, 0.4) is 0 Å². The maximum Gasteiger partial charge on any atom is 0.310 e. The molecule has 0 aromatic carbocycles. The van der Waals surface area contributed by atoms with Crippen LogP contribution in [0.25, 0.3) is 0 Å². The maximum absolute atomic E-state index is 13.3. The molecule has 2 aliphatic rings. The first-order valence-corrected chi connectivity index (χ1v) is 11.8. The number of piperidine rings is 2. The monoisotopic (exact) mass is 438 g/mol. The van der Waals surface area contributed by atoms with Crippen LogP contribution in [0.1, 0.15) is 93.9 Å². The van der Waals surface area contributed by atoms with Crippen LogP contribution in [0.5, 0.6) is 0 Å². The summed E-state index contributed by atoms with van der Waals surface area (Å²) in [5.74, 6) is -2.04. The van der Waals surface area contributed by atoms with E-state index in [1.165, 1.54) is 0 Å². The van der Waals surface area contributed by atoms with Crippen LogP contribution in [0.4, 0.5) is 0 Å². The van der Waals surface area contributed by atoms with E-state index in [4.69, 9.17) is 0 Å². The van der Waals surface area contributed by atoms with E-state index in [0.29, 0.717) is 0 Å². The number of hydrogen-bond acceptors (Lipinski definition) is 4. The molecule has 6 nitrogen and oxygen atoms in total. The summed E-state index contributed by atoms with van der Waals surface area (Å²) >= 11 is 0. The Kier molecular flexibility index (Phi) is 6.75. The van der Waals surface area contributed by atoms with Gasteiger partial charge in [-0.05, 0) is 113 Å². The molecule has 180 valence electrons. The van der Waals surface area contributed by atoms with E-state index >= 15 is 0 Å². The third-order valence-electron chi connectivity index (χ3n) is 9.73. The quantitative estimate of drug-likeness (QED) is 0.624. The van der Waals surface area contributed by atoms with Gasteiger partial charge in [-0.3, -0.25) is 19.4 Å². The van der Waals surface area contributed by atoms with Gasteiger partial charge in [0.1, 0.15) is 0 Å². The number of hydrogen-bond donors (Lipinski definition) is 2. The molecule has 0 aromatic rings. The molecule has 2 rings (SSSR count). The van der Waals surface area contributed by atoms with Gasteiger partial charge in [-0.2, -0.15) is 0 Å². The summed E-state index contributed by atoms with van der Waals surface area (Å²) in [7, 11) is 4.19. The van der Waals surface area contributed by atoms with Crippen molar-refractivity contribution < 1.29 is 19.8 Å². The summed E-state index contributed by atoms with van der Waals surface area (Å²) in [6.07, 6.45) is 3.42. The van der Waals surface area contributed by atoms with Crippen molar-refractivity contribution >= 4 is 11.9 Å². The van der Waals surface area contributed by atoms with E-state index in [1.807, 2.05) is 0 Å². The van der Waals surface area contributed by atoms with Crippen molar-refractivity contribution in [1.82, 2.24) is 9.80 Å². The highest BCUT2D eigenvalue weighted by molar-refractivity contribution is 5.77. The zero-order valence-corrected chi connectivity index (χ0v) is 21.5. The average Bonchev–Trinajstić information content (AvgIpc) is 2.61. The van der Waals surface area contributed by atoms with Gasteiger partial charge < -0.3 is 10.2 Å². The number of carboxylic acids is 2. The lowest BCUT2D eigenvalue weighted by atomic mass is 9.49. The standard InChI is InChI=1S/C25H46N2O4/c1-21(2)14-11-17(23(5,6)26(21)9)25(20(30)31,16-13-19(28)29)18-12-15-22(3,4)27(10)24(18,7)8/h17-18H,11-16H2,1-10H3,(H,28,29)(H,30,31). The van der Waals surface area contributed by atoms with E-state index in [-0.39, 0.29) is 46.8 Å². The molecule has 0 bridgehead atoms. The van der Waals surface area contributed by atoms with Crippen LogP contribution in [0.15, 0.2) is 0 Å². The molecule has 2 N–H and O–H groups in total. The maximum atomic E-state index is 13.3. The molecule has 2 saturated heterocycles. The van der Waals surface area contributed by atoms with Crippen molar-refractivity contribution in [2.24, 2.45) is 17.3 Å². The number of aliphatic carboxylic acids is 2. The number of carbonyl (C=O) groups is 2. The van der Waals surface area contributed by atoms with Gasteiger partial charge in [0.2, 0.25) is 0 Å². The van der Waals surface area contributed by atoms with Gasteiger partial charge in [-0.25, -0.2) is 0 Å². The Morgan fingerprint density at radius 3 is 1.45 bits per heavy atom. The Morgan fingerprint density at radius 2 is 1.16 bits per heavy atom. The van der Waals surface area contributed by atoms with Crippen molar-refractivity contribution in [1.29, 1.82) is 0 Å². The molecule has 31 heavy (non-hydrogen) atoms. The highest BCUT2D eigenvalue weighted by Crippen LogP contribution is 2.59. The first-order chi connectivity index (χ1) is 13.8. The molecule has 0 aromatic heterocycles. The van der Waals surface area contributed by atoms with Gasteiger partial charge in [-0.15, -0.1) is 0 Å². The molecule has 2 heterocycles. The van der Waals surface area contributed by atoms with Gasteiger partial charge in [-0.1, -0.05) is 0 Å². The zero-order chi connectivity index (χ0) is 24.2. The lowest BCUT2D eigenvalue weighted by Crippen LogP contribution is -2.71. The number of carboxylic acid groups (broad SMARTS) is 2. The van der Waals surface area contributed by atoms with Gasteiger partial charge in [0.05, 0.1) is 5.41 Å². The second kappa shape index (κ2) is 8.02. The minimum Gasteiger partial charge on any atom is -0.481 e. The average molecular weight is 439 g/mol. The van der Waals surface area contributed by atoms with Gasteiger partial charge in [0.15, 0.2) is 0 Å². The Balaban J connectivity index is 2.70. The van der Waals surface area contributed by atoms with Gasteiger partial charge in [0.25, 0.3) is 0 Å². The smallest absolute Gasteiger partial charge is 0.310 e. The van der Waals surface area contributed by atoms with E-state index in [2.05, 4.69) is 79.3 Å². The fourth-order valence-corrected chi connectivity index (χ4v) is 7.15. The summed E-state index contributed by atoms with van der Waals surface area (Å²) in [5.41, 5.74) is -1.92. The van der Waals surface area contributed by atoms with Crippen LogP contribution in [-0.4, -0.2) is 68.2 Å². The molecule has 0 amide bonds. The van der Waals surface area contributed by atoms with Gasteiger partial charge in [0, 0.05) is 28.6 Å². The second-order valence-electron chi connectivity index (χ2n) is 12.5. The minimum atomic E-state index is -1.11. The summed E-state index contributed by atoms with van der Waals surface area (Å²) in [6.45, 7) is 17.5. The summed E-state index contributed by atoms with van der Waals surface area (Å²) in [5, 5.41) is 20.5. The molecule has 0 spiro atoms. The van der Waals surface area contributed by atoms with E-state index < -0.39 is 17.4 Å². The van der Waals surface area contributed by atoms with E-state index in [1.54, 1.807) is 0 Å². The van der Waals surface area contributed by atoms with Crippen molar-refractivity contribution in [3.05, 3.63) is 0 Å². The zero-order valence-electron chi connectivity index (χ0n) is 21.5. The fraction of sp³-hybridized carbons (Fsp3) is 0.920. The van der Waals surface area contributed by atoms with Crippen LogP contribution in [0, 0.1) is 17.3 Å². The third-order valence-corrected chi connectivity index (χ3v) is 9.73. The molecule has 2 fully saturated rings. The van der Waals surface area contributed by atoms with Crippen LogP contribution < -0.4 is 0 Å². The highest BCUT2D eigenvalue weighted by Gasteiger charge is 2.64. The summed E-state index contributed by atoms with van der Waals surface area (Å²) in [4.78, 5) is 29.7. The topological polar surface area (TPSA) is 81.1 Å². The lowest BCUT2D eigenvalue weighted by molar-refractivity contribution is -0.194. The van der Waals surface area contributed by atoms with Crippen molar-refractivity contribution in [2.45, 2.75) is 116 Å². The predicted octanol–water partition coefficient (Wildman–Crippen LogP) is 4.72. The molecular weight excluding hydrogens is 392 g/mol. The number of likely N-dealkylation sites (tertiary alicyclic amines) is 2. The summed E-state index contributed by atoms with van der Waals surface area (Å²) < 4.78 is 0. The molecular formula is C25H46N2O4. The fourth-order valence-electron chi connectivity index (χ4n) is 7.15. The predicted molar refractivity (Wildman–Crippen MR) is 124 cm³/mol. The first kappa shape index (κ1) is 26.1. The minimum absolute atomic E-state index is 0.0299. The van der Waals surface area contributed by atoms with Crippen LogP contribution in [-0.2, 0) is 9.59 Å². The lowest BCUT2D eigenvalue weighted by Gasteiger charge is -2.65. The molecule has 0 aliphatic carbocycles.